The molecule has 1 fully saturated rings. The Hall–Kier alpha value is -4.93. The van der Waals surface area contributed by atoms with Crippen molar-refractivity contribution in [3.8, 4) is 5.75 Å². The second-order valence-corrected chi connectivity index (χ2v) is 15.8. The zero-order valence-electron chi connectivity index (χ0n) is 33.4. The lowest BCUT2D eigenvalue weighted by Crippen LogP contribution is -2.57. The molecule has 4 rings (SSSR count). The lowest BCUT2D eigenvalue weighted by atomic mass is 9.88. The number of methoxy groups -OCH3 is 1. The first-order chi connectivity index (χ1) is 26.6. The van der Waals surface area contributed by atoms with Crippen molar-refractivity contribution < 1.29 is 55.3 Å². The number of nitrogens with zero attached hydrogens (tertiary/aromatic N) is 2. The molecule has 0 bridgehead atoms. The highest BCUT2D eigenvalue weighted by atomic mass is 19.4. The molecule has 0 spiro atoms. The van der Waals surface area contributed by atoms with Crippen LogP contribution in [0.15, 0.2) is 36.5 Å². The average molecular weight is 826 g/mol. The van der Waals surface area contributed by atoms with E-state index in [0.717, 1.165) is 12.1 Å². The van der Waals surface area contributed by atoms with E-state index in [-0.39, 0.29) is 74.4 Å². The number of likely N-dealkylation sites (tertiary alicyclic amines) is 1. The molecule has 3 aromatic rings. The summed E-state index contributed by atoms with van der Waals surface area (Å²) in [4.78, 5) is 54.3. The van der Waals surface area contributed by atoms with Gasteiger partial charge in [0.25, 0.3) is 5.91 Å². The van der Waals surface area contributed by atoms with E-state index in [1.165, 1.54) is 34.9 Å². The van der Waals surface area contributed by atoms with E-state index in [2.05, 4.69) is 20.7 Å². The van der Waals surface area contributed by atoms with Crippen LogP contribution in [0.25, 0.3) is 10.9 Å². The number of aromatic nitrogens is 1. The summed E-state index contributed by atoms with van der Waals surface area (Å²) in [6, 6.07) is 4.20. The number of alkyl halides is 3. The van der Waals surface area contributed by atoms with Crippen LogP contribution in [0.1, 0.15) is 96.1 Å². The van der Waals surface area contributed by atoms with E-state index in [1.54, 1.807) is 54.5 Å². The minimum Gasteiger partial charge on any atom is -0.444 e. The first-order valence-electron chi connectivity index (χ1n) is 18.8. The SMILES string of the molecule is C.COCCn1cc(C(=O)N2CCC(c3cc(CNC(=O)[C@@H](NC(=O)[C@@H](NC(=O)OC(C)(C)C)C(C)C)C(C)C)ccc3F)CC2)c2c(OC(F)(F)F)ccc(F)c21. The number of alkyl carbamates (subject to hydrolysis) is 1. The Labute approximate surface area is 336 Å². The molecule has 0 radical (unpaired) electrons. The predicted molar refractivity (Wildman–Crippen MR) is 208 cm³/mol. The van der Waals surface area contributed by atoms with E-state index in [0.29, 0.717) is 24.0 Å². The number of hydrogen-bond donors (Lipinski definition) is 3. The number of ether oxygens (including phenoxy) is 3. The molecule has 0 aliphatic carbocycles. The van der Waals surface area contributed by atoms with E-state index in [9.17, 15) is 32.3 Å². The van der Waals surface area contributed by atoms with Gasteiger partial charge in [-0.2, -0.15) is 0 Å². The molecular weight excluding hydrogens is 769 g/mol. The third-order valence-corrected chi connectivity index (χ3v) is 9.54. The highest BCUT2D eigenvalue weighted by Gasteiger charge is 2.36. The van der Waals surface area contributed by atoms with E-state index < -0.39 is 65.2 Å². The van der Waals surface area contributed by atoms with Gasteiger partial charge in [0.15, 0.2) is 0 Å². The van der Waals surface area contributed by atoms with Crippen molar-refractivity contribution in [2.45, 2.75) is 112 Å². The molecular formula is C41H56F5N5O7. The van der Waals surface area contributed by atoms with Gasteiger partial charge in [-0.15, -0.1) is 13.2 Å². The molecule has 1 aromatic heterocycles. The molecule has 322 valence electrons. The molecule has 1 saturated heterocycles. The second kappa shape index (κ2) is 19.7. The summed E-state index contributed by atoms with van der Waals surface area (Å²) < 4.78 is 86.2. The van der Waals surface area contributed by atoms with Crippen LogP contribution in [0.2, 0.25) is 0 Å². The molecule has 1 aliphatic rings. The number of halogens is 5. The van der Waals surface area contributed by atoms with Gasteiger partial charge in [0, 0.05) is 39.5 Å². The van der Waals surface area contributed by atoms with Crippen LogP contribution < -0.4 is 20.7 Å². The Morgan fingerprint density at radius 1 is 0.879 bits per heavy atom. The van der Waals surface area contributed by atoms with Gasteiger partial charge in [-0.05, 0) is 80.7 Å². The number of benzene rings is 2. The molecule has 0 saturated carbocycles. The molecule has 58 heavy (non-hydrogen) atoms. The smallest absolute Gasteiger partial charge is 0.444 e. The zero-order valence-corrected chi connectivity index (χ0v) is 33.4. The third-order valence-electron chi connectivity index (χ3n) is 9.54. The van der Waals surface area contributed by atoms with Crippen molar-refractivity contribution in [1.82, 2.24) is 25.4 Å². The van der Waals surface area contributed by atoms with Crippen LogP contribution in [0, 0.1) is 23.5 Å². The Kier molecular flexibility index (Phi) is 16.1. The van der Waals surface area contributed by atoms with E-state index in [1.807, 2.05) is 0 Å². The number of hydrogen-bond acceptors (Lipinski definition) is 7. The van der Waals surface area contributed by atoms with Gasteiger partial charge in [-0.1, -0.05) is 47.3 Å². The van der Waals surface area contributed by atoms with Crippen molar-refractivity contribution in [3.05, 3.63) is 64.9 Å². The largest absolute Gasteiger partial charge is 0.573 e. The van der Waals surface area contributed by atoms with Gasteiger partial charge in [0.1, 0.15) is 35.1 Å². The van der Waals surface area contributed by atoms with Crippen molar-refractivity contribution in [3.63, 3.8) is 0 Å². The van der Waals surface area contributed by atoms with Crippen molar-refractivity contribution in [1.29, 1.82) is 0 Å². The summed E-state index contributed by atoms with van der Waals surface area (Å²) in [5.74, 6) is -4.68. The fourth-order valence-corrected chi connectivity index (χ4v) is 6.74. The fourth-order valence-electron chi connectivity index (χ4n) is 6.74. The maximum atomic E-state index is 15.3. The Balaban J connectivity index is 0.00000900. The Bertz CT molecular complexity index is 1920. The van der Waals surface area contributed by atoms with Crippen LogP contribution in [0.4, 0.5) is 26.7 Å². The quantitative estimate of drug-likeness (QED) is 0.144. The normalized spacial score (nSPS) is 14.8. The van der Waals surface area contributed by atoms with Gasteiger partial charge >= 0.3 is 12.5 Å². The number of nitrogens with one attached hydrogen (secondary N) is 3. The lowest BCUT2D eigenvalue weighted by molar-refractivity contribution is -0.274. The van der Waals surface area contributed by atoms with Gasteiger partial charge in [-0.3, -0.25) is 14.4 Å². The van der Waals surface area contributed by atoms with E-state index in [4.69, 9.17) is 9.47 Å². The first kappa shape index (κ1) is 47.4. The Morgan fingerprint density at radius 2 is 1.48 bits per heavy atom. The fraction of sp³-hybridized carbons (Fsp3) is 0.561. The topological polar surface area (TPSA) is 140 Å². The lowest BCUT2D eigenvalue weighted by Gasteiger charge is -2.32. The predicted octanol–water partition coefficient (Wildman–Crippen LogP) is 7.43. The van der Waals surface area contributed by atoms with Crippen LogP contribution in [0.3, 0.4) is 0 Å². The number of piperidine rings is 1. The highest BCUT2D eigenvalue weighted by Crippen LogP contribution is 2.38. The zero-order chi connectivity index (χ0) is 42.4. The molecule has 2 aromatic carbocycles. The number of amides is 4. The minimum atomic E-state index is -5.09. The summed E-state index contributed by atoms with van der Waals surface area (Å²) in [6.45, 7) is 12.6. The monoisotopic (exact) mass is 825 g/mol. The van der Waals surface area contributed by atoms with Crippen LogP contribution in [-0.4, -0.2) is 84.1 Å². The van der Waals surface area contributed by atoms with Gasteiger partial charge in [0.05, 0.1) is 23.1 Å². The number of fused-ring (bicyclic) bond motifs is 1. The summed E-state index contributed by atoms with van der Waals surface area (Å²) in [6.07, 6.45) is -3.93. The average Bonchev–Trinajstić information content (AvgIpc) is 3.51. The Morgan fingerprint density at radius 3 is 2.05 bits per heavy atom. The maximum absolute atomic E-state index is 15.3. The molecule has 4 amide bonds. The highest BCUT2D eigenvalue weighted by molar-refractivity contribution is 6.09. The van der Waals surface area contributed by atoms with Gasteiger partial charge in [0.2, 0.25) is 11.8 Å². The van der Waals surface area contributed by atoms with Crippen molar-refractivity contribution in [2.24, 2.45) is 11.8 Å². The molecule has 0 unspecified atom stereocenters. The summed E-state index contributed by atoms with van der Waals surface area (Å²) in [5, 5.41) is 7.81. The minimum absolute atomic E-state index is 0. The van der Waals surface area contributed by atoms with Crippen LogP contribution >= 0.6 is 0 Å². The van der Waals surface area contributed by atoms with Crippen LogP contribution in [-0.2, 0) is 32.2 Å². The molecule has 12 nitrogen and oxygen atoms in total. The van der Waals surface area contributed by atoms with E-state index >= 15 is 8.78 Å². The molecule has 2 atom stereocenters. The van der Waals surface area contributed by atoms with Gasteiger partial charge in [-0.25, -0.2) is 13.6 Å². The maximum Gasteiger partial charge on any atom is 0.573 e. The molecule has 17 heteroatoms. The van der Waals surface area contributed by atoms with Crippen molar-refractivity contribution in [2.75, 3.05) is 26.8 Å². The summed E-state index contributed by atoms with van der Waals surface area (Å²) in [7, 11) is 1.41. The first-order valence-corrected chi connectivity index (χ1v) is 18.8. The van der Waals surface area contributed by atoms with Gasteiger partial charge < -0.3 is 39.6 Å². The molecule has 3 N–H and O–H groups in total. The summed E-state index contributed by atoms with van der Waals surface area (Å²) >= 11 is 0. The number of carbonyl (C=O) groups excluding carboxylic acids is 4. The van der Waals surface area contributed by atoms with Crippen molar-refractivity contribution >= 4 is 34.7 Å². The third kappa shape index (κ3) is 12.3. The second-order valence-electron chi connectivity index (χ2n) is 15.8. The number of carbonyl (C=O) groups is 4. The van der Waals surface area contributed by atoms with Crippen LogP contribution in [0.5, 0.6) is 5.75 Å². The standard InChI is InChI=1S/C40H52F5N5O7.CH4/c1-22(2)32(47-36(52)33(23(3)4)48-38(54)57-39(5,6)7)35(51)46-20-24-9-10-28(41)26(19-24)25-13-15-49(16-14-25)37(53)27-21-50(17-18-55-8)34-29(42)11-12-30(31(27)34)56-40(43,44)45;/h9-12,19,21-23,25,32-33H,13-18,20H2,1-8H3,(H,46,51)(H,47,52)(H,48,54);1H4/t32-,33-;/m0./s1. The molecule has 1 aliphatic heterocycles. The number of rotatable bonds is 14. The molecule has 2 heterocycles. The summed E-state index contributed by atoms with van der Waals surface area (Å²) in [5.41, 5.74) is -0.217.